The summed E-state index contributed by atoms with van der Waals surface area (Å²) in [5.74, 6) is 1.78. The zero-order valence-electron chi connectivity index (χ0n) is 14.8. The van der Waals surface area contributed by atoms with Crippen LogP contribution in [0.3, 0.4) is 0 Å². The Labute approximate surface area is 140 Å². The van der Waals surface area contributed by atoms with Gasteiger partial charge in [0.2, 0.25) is 0 Å². The Bertz CT molecular complexity index is 518. The summed E-state index contributed by atoms with van der Waals surface area (Å²) in [7, 11) is 0. The Balaban J connectivity index is 1.96. The number of hydrogen-bond acceptors (Lipinski definition) is 2. The zero-order chi connectivity index (χ0) is 16.8. The summed E-state index contributed by atoms with van der Waals surface area (Å²) in [5, 5.41) is 0. The van der Waals surface area contributed by atoms with E-state index in [1.54, 1.807) is 6.92 Å². The topological polar surface area (TPSA) is 34.1 Å². The fraction of sp³-hybridized carbons (Fsp3) is 0.619. The highest BCUT2D eigenvalue weighted by Gasteiger charge is 2.30. The molecule has 1 fully saturated rings. The Morgan fingerprint density at radius 1 is 1.13 bits per heavy atom. The van der Waals surface area contributed by atoms with Gasteiger partial charge >= 0.3 is 0 Å². The van der Waals surface area contributed by atoms with Gasteiger partial charge in [-0.3, -0.25) is 9.59 Å². The molecule has 0 aliphatic heterocycles. The van der Waals surface area contributed by atoms with Crippen LogP contribution in [0.15, 0.2) is 30.3 Å². The Hall–Kier alpha value is -1.44. The van der Waals surface area contributed by atoms with Gasteiger partial charge < -0.3 is 0 Å². The SMILES string of the molecule is CC(=O)[C@H](CC(=O)[C@H]1CCCC(C(C)C)C1)Cc1ccccc1. The van der Waals surface area contributed by atoms with Crippen molar-refractivity contribution in [2.45, 2.75) is 59.3 Å². The van der Waals surface area contributed by atoms with Crippen LogP contribution in [0.25, 0.3) is 0 Å². The second kappa shape index (κ2) is 8.42. The molecule has 1 aromatic carbocycles. The predicted molar refractivity (Wildman–Crippen MR) is 94.2 cm³/mol. The molecule has 2 heteroatoms. The molecule has 0 bridgehead atoms. The van der Waals surface area contributed by atoms with Gasteiger partial charge in [0.1, 0.15) is 11.6 Å². The van der Waals surface area contributed by atoms with E-state index in [1.807, 2.05) is 30.3 Å². The van der Waals surface area contributed by atoms with Crippen LogP contribution in [0, 0.1) is 23.7 Å². The van der Waals surface area contributed by atoms with Crippen molar-refractivity contribution >= 4 is 11.6 Å². The molecule has 0 aromatic heterocycles. The molecule has 3 atom stereocenters. The fourth-order valence-corrected chi connectivity index (χ4v) is 3.79. The fourth-order valence-electron chi connectivity index (χ4n) is 3.79. The maximum atomic E-state index is 12.7. The minimum absolute atomic E-state index is 0.137. The minimum Gasteiger partial charge on any atom is -0.300 e. The largest absolute Gasteiger partial charge is 0.300 e. The van der Waals surface area contributed by atoms with Crippen LogP contribution in [-0.2, 0) is 16.0 Å². The van der Waals surface area contributed by atoms with E-state index in [0.717, 1.165) is 24.8 Å². The van der Waals surface area contributed by atoms with E-state index in [0.29, 0.717) is 30.5 Å². The molecule has 1 aliphatic rings. The summed E-state index contributed by atoms with van der Waals surface area (Å²) in [6.45, 7) is 6.13. The molecule has 2 nitrogen and oxygen atoms in total. The standard InChI is InChI=1S/C21H30O2/c1-15(2)18-10-7-11-19(13-18)21(23)14-20(16(3)22)12-17-8-5-4-6-9-17/h4-6,8-9,15,18-20H,7,10-14H2,1-3H3/t18?,19-,20-/m0/s1. The molecule has 2 rings (SSSR count). The predicted octanol–water partition coefficient (Wildman–Crippen LogP) is 4.86. The number of rotatable bonds is 7. The molecule has 1 unspecified atom stereocenters. The van der Waals surface area contributed by atoms with Crippen LogP contribution in [0.1, 0.15) is 58.4 Å². The van der Waals surface area contributed by atoms with Crippen molar-refractivity contribution in [1.82, 2.24) is 0 Å². The molecule has 1 aliphatic carbocycles. The Morgan fingerprint density at radius 3 is 2.43 bits per heavy atom. The summed E-state index contributed by atoms with van der Waals surface area (Å²) >= 11 is 0. The number of benzene rings is 1. The third-order valence-electron chi connectivity index (χ3n) is 5.46. The van der Waals surface area contributed by atoms with Gasteiger partial charge in [-0.1, -0.05) is 57.0 Å². The van der Waals surface area contributed by atoms with Gasteiger partial charge in [0.25, 0.3) is 0 Å². The number of carbonyl (C=O) groups is 2. The molecular formula is C21H30O2. The maximum Gasteiger partial charge on any atom is 0.136 e. The molecule has 0 radical (unpaired) electrons. The second-order valence-electron chi connectivity index (χ2n) is 7.54. The van der Waals surface area contributed by atoms with Crippen molar-refractivity contribution in [3.05, 3.63) is 35.9 Å². The summed E-state index contributed by atoms with van der Waals surface area (Å²) in [4.78, 5) is 24.7. The van der Waals surface area contributed by atoms with E-state index >= 15 is 0 Å². The second-order valence-corrected chi connectivity index (χ2v) is 7.54. The number of hydrogen-bond donors (Lipinski definition) is 0. The normalized spacial score (nSPS) is 22.8. The first-order chi connectivity index (χ1) is 11.0. The smallest absolute Gasteiger partial charge is 0.136 e. The molecule has 0 N–H and O–H groups in total. The van der Waals surface area contributed by atoms with Crippen LogP contribution in [-0.4, -0.2) is 11.6 Å². The van der Waals surface area contributed by atoms with Gasteiger partial charge in [-0.15, -0.1) is 0 Å². The molecule has 0 saturated heterocycles. The van der Waals surface area contributed by atoms with E-state index in [-0.39, 0.29) is 17.6 Å². The molecule has 126 valence electrons. The lowest BCUT2D eigenvalue weighted by Gasteiger charge is -2.31. The molecule has 1 saturated carbocycles. The van der Waals surface area contributed by atoms with Gasteiger partial charge in [-0.25, -0.2) is 0 Å². The first kappa shape index (κ1) is 17.9. The molecule has 0 heterocycles. The van der Waals surface area contributed by atoms with Crippen LogP contribution in [0.5, 0.6) is 0 Å². The molecule has 0 amide bonds. The molecule has 0 spiro atoms. The summed E-state index contributed by atoms with van der Waals surface area (Å²) in [6.07, 6.45) is 5.54. The average molecular weight is 314 g/mol. The monoisotopic (exact) mass is 314 g/mol. The van der Waals surface area contributed by atoms with E-state index < -0.39 is 0 Å². The van der Waals surface area contributed by atoms with Crippen LogP contribution in [0.4, 0.5) is 0 Å². The molecule has 1 aromatic rings. The van der Waals surface area contributed by atoms with Crippen molar-refractivity contribution in [3.63, 3.8) is 0 Å². The number of ketones is 2. The summed E-state index contributed by atoms with van der Waals surface area (Å²) in [5.41, 5.74) is 1.14. The number of Topliss-reactive ketones (excluding diaryl/α,β-unsaturated/α-hetero) is 2. The third-order valence-corrected chi connectivity index (χ3v) is 5.46. The van der Waals surface area contributed by atoms with Gasteiger partial charge in [0.05, 0.1) is 0 Å². The van der Waals surface area contributed by atoms with E-state index in [4.69, 9.17) is 0 Å². The maximum absolute atomic E-state index is 12.7. The van der Waals surface area contributed by atoms with Crippen LogP contribution < -0.4 is 0 Å². The van der Waals surface area contributed by atoms with Gasteiger partial charge in [0, 0.05) is 18.3 Å². The van der Waals surface area contributed by atoms with Crippen molar-refractivity contribution in [2.24, 2.45) is 23.7 Å². The molecular weight excluding hydrogens is 284 g/mol. The van der Waals surface area contributed by atoms with E-state index in [9.17, 15) is 9.59 Å². The zero-order valence-corrected chi connectivity index (χ0v) is 14.8. The van der Waals surface area contributed by atoms with E-state index in [2.05, 4.69) is 13.8 Å². The van der Waals surface area contributed by atoms with Crippen molar-refractivity contribution in [3.8, 4) is 0 Å². The minimum atomic E-state index is -0.163. The van der Waals surface area contributed by atoms with Crippen molar-refractivity contribution < 1.29 is 9.59 Å². The van der Waals surface area contributed by atoms with Crippen molar-refractivity contribution in [1.29, 1.82) is 0 Å². The molecule has 23 heavy (non-hydrogen) atoms. The third kappa shape index (κ3) is 5.30. The lowest BCUT2D eigenvalue weighted by Crippen LogP contribution is -2.28. The van der Waals surface area contributed by atoms with Gasteiger partial charge in [0.15, 0.2) is 0 Å². The highest BCUT2D eigenvalue weighted by Crippen LogP contribution is 2.35. The lowest BCUT2D eigenvalue weighted by atomic mass is 9.73. The highest BCUT2D eigenvalue weighted by atomic mass is 16.1. The van der Waals surface area contributed by atoms with Gasteiger partial charge in [-0.05, 0) is 43.6 Å². The highest BCUT2D eigenvalue weighted by molar-refractivity contribution is 5.88. The summed E-state index contributed by atoms with van der Waals surface area (Å²) < 4.78 is 0. The summed E-state index contributed by atoms with van der Waals surface area (Å²) in [6, 6.07) is 10.0. The van der Waals surface area contributed by atoms with E-state index in [1.165, 1.54) is 6.42 Å². The van der Waals surface area contributed by atoms with Crippen LogP contribution in [0.2, 0.25) is 0 Å². The first-order valence-corrected chi connectivity index (χ1v) is 9.04. The lowest BCUT2D eigenvalue weighted by molar-refractivity contribution is -0.130. The Kier molecular flexibility index (Phi) is 6.56. The van der Waals surface area contributed by atoms with Gasteiger partial charge in [-0.2, -0.15) is 0 Å². The Morgan fingerprint density at radius 2 is 1.83 bits per heavy atom. The number of carbonyl (C=O) groups excluding carboxylic acids is 2. The van der Waals surface area contributed by atoms with Crippen LogP contribution >= 0.6 is 0 Å². The first-order valence-electron chi connectivity index (χ1n) is 9.04. The average Bonchev–Trinajstić information content (AvgIpc) is 2.55. The van der Waals surface area contributed by atoms with Crippen molar-refractivity contribution in [2.75, 3.05) is 0 Å². The quantitative estimate of drug-likeness (QED) is 0.720.